The standard InChI is InChI=1S/C25H26N2O3S/c1-3-26-22(13-11-20-7-4-5-8-24(20)26)18-23-14-12-21-10-9-19(2)17-25(21)27(23)15-6-16-31(28,29)30/h4-5,7-14,17-18H,3,6,15-16H2,1-2H3/p+1. The zero-order valence-corrected chi connectivity index (χ0v) is 18.6. The SMILES string of the molecule is CC[n+]1c(/C=C2\C=Cc3ccc(C)cc3N2CCCS(=O)(=O)O)ccc2ccccc21. The molecule has 5 nitrogen and oxygen atoms in total. The van der Waals surface area contributed by atoms with Crippen LogP contribution in [0.4, 0.5) is 5.69 Å². The Morgan fingerprint density at radius 1 is 1.06 bits per heavy atom. The molecule has 1 aliphatic heterocycles. The number of benzene rings is 2. The van der Waals surface area contributed by atoms with Crippen LogP contribution in [0.15, 0.2) is 66.4 Å². The molecule has 4 rings (SSSR count). The summed E-state index contributed by atoms with van der Waals surface area (Å²) in [5.74, 6) is -0.257. The molecule has 1 aliphatic rings. The monoisotopic (exact) mass is 435 g/mol. The van der Waals surface area contributed by atoms with Crippen LogP contribution in [0.3, 0.4) is 0 Å². The minimum Gasteiger partial charge on any atom is -0.341 e. The molecule has 1 aromatic heterocycles. The Morgan fingerprint density at radius 2 is 1.87 bits per heavy atom. The molecule has 160 valence electrons. The molecule has 1 N–H and O–H groups in total. The van der Waals surface area contributed by atoms with Crippen LogP contribution in [0.25, 0.3) is 23.1 Å². The van der Waals surface area contributed by atoms with Gasteiger partial charge in [0.15, 0.2) is 0 Å². The number of hydrogen-bond acceptors (Lipinski definition) is 3. The number of allylic oxidation sites excluding steroid dienone is 1. The van der Waals surface area contributed by atoms with Gasteiger partial charge in [0.05, 0.1) is 5.75 Å². The van der Waals surface area contributed by atoms with Gasteiger partial charge in [-0.05, 0) is 55.7 Å². The van der Waals surface area contributed by atoms with Crippen molar-refractivity contribution in [3.63, 3.8) is 0 Å². The van der Waals surface area contributed by atoms with Crippen LogP contribution in [0.2, 0.25) is 0 Å². The molecule has 0 amide bonds. The lowest BCUT2D eigenvalue weighted by atomic mass is 10.0. The number of pyridine rings is 1. The number of anilines is 1. The smallest absolute Gasteiger partial charge is 0.264 e. The molecule has 3 aromatic rings. The molecular formula is C25H27N2O3S+. The summed E-state index contributed by atoms with van der Waals surface area (Å²) in [5.41, 5.74) is 6.53. The number of nitrogens with zero attached hydrogens (tertiary/aromatic N) is 2. The third kappa shape index (κ3) is 4.70. The number of aryl methyl sites for hydroxylation is 2. The van der Waals surface area contributed by atoms with Crippen molar-refractivity contribution in [1.82, 2.24) is 0 Å². The Labute approximate surface area is 183 Å². The zero-order valence-electron chi connectivity index (χ0n) is 17.8. The average molecular weight is 436 g/mol. The molecule has 0 saturated heterocycles. The van der Waals surface area contributed by atoms with E-state index in [2.05, 4.69) is 77.1 Å². The van der Waals surface area contributed by atoms with Gasteiger partial charge in [-0.25, -0.2) is 0 Å². The minimum absolute atomic E-state index is 0.257. The molecule has 0 atom stereocenters. The van der Waals surface area contributed by atoms with Gasteiger partial charge in [-0.15, -0.1) is 0 Å². The van der Waals surface area contributed by atoms with E-state index in [4.69, 9.17) is 0 Å². The van der Waals surface area contributed by atoms with Crippen molar-refractivity contribution in [3.8, 4) is 0 Å². The van der Waals surface area contributed by atoms with Crippen LogP contribution in [0.1, 0.15) is 30.2 Å². The van der Waals surface area contributed by atoms with Crippen molar-refractivity contribution in [1.29, 1.82) is 0 Å². The molecule has 0 fully saturated rings. The number of rotatable bonds is 6. The maximum absolute atomic E-state index is 11.3. The highest BCUT2D eigenvalue weighted by molar-refractivity contribution is 7.85. The van der Waals surface area contributed by atoms with Gasteiger partial charge in [0.2, 0.25) is 11.2 Å². The fraction of sp³-hybridized carbons (Fsp3) is 0.240. The van der Waals surface area contributed by atoms with Gasteiger partial charge in [-0.2, -0.15) is 13.0 Å². The van der Waals surface area contributed by atoms with Gasteiger partial charge in [0, 0.05) is 41.5 Å². The molecule has 0 aliphatic carbocycles. The fourth-order valence-electron chi connectivity index (χ4n) is 4.12. The summed E-state index contributed by atoms with van der Waals surface area (Å²) in [6.45, 7) is 5.51. The Hall–Kier alpha value is -2.96. The second-order valence-corrected chi connectivity index (χ2v) is 9.39. The quantitative estimate of drug-likeness (QED) is 0.454. The van der Waals surface area contributed by atoms with Crippen LogP contribution in [0, 0.1) is 6.92 Å². The molecule has 0 unspecified atom stereocenters. The van der Waals surface area contributed by atoms with Crippen LogP contribution in [-0.2, 0) is 16.7 Å². The van der Waals surface area contributed by atoms with Crippen molar-refractivity contribution in [2.45, 2.75) is 26.8 Å². The van der Waals surface area contributed by atoms with Crippen molar-refractivity contribution in [2.75, 3.05) is 17.2 Å². The van der Waals surface area contributed by atoms with Crippen molar-refractivity contribution < 1.29 is 17.5 Å². The van der Waals surface area contributed by atoms with E-state index >= 15 is 0 Å². The Morgan fingerprint density at radius 3 is 2.65 bits per heavy atom. The maximum Gasteiger partial charge on any atom is 0.264 e. The van der Waals surface area contributed by atoms with Crippen molar-refractivity contribution >= 4 is 38.9 Å². The molecule has 0 saturated carbocycles. The van der Waals surface area contributed by atoms with Gasteiger partial charge in [-0.3, -0.25) is 4.55 Å². The third-order valence-electron chi connectivity index (χ3n) is 5.59. The molecule has 0 bridgehead atoms. The van der Waals surface area contributed by atoms with E-state index in [1.807, 2.05) is 19.1 Å². The van der Waals surface area contributed by atoms with Gasteiger partial charge < -0.3 is 4.90 Å². The first-order valence-corrected chi connectivity index (χ1v) is 12.1. The Balaban J connectivity index is 1.78. The molecule has 2 aromatic carbocycles. The lowest BCUT2D eigenvalue weighted by Crippen LogP contribution is -2.37. The number of para-hydroxylation sites is 1. The van der Waals surface area contributed by atoms with Crippen molar-refractivity contribution in [3.05, 3.63) is 83.2 Å². The zero-order chi connectivity index (χ0) is 22.0. The normalized spacial score (nSPS) is 14.9. The fourth-order valence-corrected chi connectivity index (χ4v) is 4.62. The largest absolute Gasteiger partial charge is 0.341 e. The summed E-state index contributed by atoms with van der Waals surface area (Å²) in [7, 11) is -3.99. The molecule has 6 heteroatoms. The second kappa shape index (κ2) is 8.65. The first kappa shape index (κ1) is 21.3. The average Bonchev–Trinajstić information content (AvgIpc) is 2.74. The summed E-state index contributed by atoms with van der Waals surface area (Å²) in [6, 6.07) is 18.8. The summed E-state index contributed by atoms with van der Waals surface area (Å²) in [6.07, 6.45) is 6.64. The lowest BCUT2D eigenvalue weighted by Gasteiger charge is -2.30. The van der Waals surface area contributed by atoms with Gasteiger partial charge in [-0.1, -0.05) is 30.3 Å². The highest BCUT2D eigenvalue weighted by Crippen LogP contribution is 2.33. The summed E-state index contributed by atoms with van der Waals surface area (Å²) >= 11 is 0. The van der Waals surface area contributed by atoms with E-state index in [1.165, 1.54) is 10.9 Å². The predicted molar refractivity (Wildman–Crippen MR) is 126 cm³/mol. The molecule has 2 heterocycles. The van der Waals surface area contributed by atoms with Gasteiger partial charge in [0.1, 0.15) is 6.54 Å². The van der Waals surface area contributed by atoms with Crippen LogP contribution in [0.5, 0.6) is 0 Å². The predicted octanol–water partition coefficient (Wildman–Crippen LogP) is 4.61. The first-order chi connectivity index (χ1) is 14.9. The van der Waals surface area contributed by atoms with E-state index in [0.29, 0.717) is 13.0 Å². The number of hydrogen-bond donors (Lipinski definition) is 1. The summed E-state index contributed by atoms with van der Waals surface area (Å²) in [5, 5.41) is 1.19. The maximum atomic E-state index is 11.3. The second-order valence-electron chi connectivity index (χ2n) is 7.82. The summed E-state index contributed by atoms with van der Waals surface area (Å²) < 4.78 is 34.0. The Kier molecular flexibility index (Phi) is 5.94. The van der Waals surface area contributed by atoms with Crippen LogP contribution >= 0.6 is 0 Å². The highest BCUT2D eigenvalue weighted by Gasteiger charge is 2.21. The summed E-state index contributed by atoms with van der Waals surface area (Å²) in [4.78, 5) is 2.14. The van der Waals surface area contributed by atoms with Crippen LogP contribution in [-0.4, -0.2) is 25.3 Å². The lowest BCUT2D eigenvalue weighted by molar-refractivity contribution is -0.669. The van der Waals surface area contributed by atoms with E-state index in [9.17, 15) is 13.0 Å². The van der Waals surface area contributed by atoms with E-state index in [0.717, 1.165) is 34.8 Å². The van der Waals surface area contributed by atoms with E-state index in [-0.39, 0.29) is 5.75 Å². The minimum atomic E-state index is -3.99. The van der Waals surface area contributed by atoms with Gasteiger partial charge >= 0.3 is 0 Å². The molecule has 31 heavy (non-hydrogen) atoms. The molecular weight excluding hydrogens is 408 g/mol. The molecule has 0 radical (unpaired) electrons. The Bertz CT molecular complexity index is 1290. The molecule has 0 spiro atoms. The van der Waals surface area contributed by atoms with Crippen LogP contribution < -0.4 is 9.47 Å². The first-order valence-electron chi connectivity index (χ1n) is 10.5. The number of aromatic nitrogens is 1. The van der Waals surface area contributed by atoms with Crippen molar-refractivity contribution in [2.24, 2.45) is 0 Å². The topological polar surface area (TPSA) is 61.5 Å². The van der Waals surface area contributed by atoms with E-state index in [1.54, 1.807) is 0 Å². The number of fused-ring (bicyclic) bond motifs is 2. The third-order valence-corrected chi connectivity index (χ3v) is 6.40. The highest BCUT2D eigenvalue weighted by atomic mass is 32.2. The van der Waals surface area contributed by atoms with Gasteiger partial charge in [0.25, 0.3) is 10.1 Å². The van der Waals surface area contributed by atoms with E-state index < -0.39 is 10.1 Å².